The predicted molar refractivity (Wildman–Crippen MR) is 216 cm³/mol. The highest BCUT2D eigenvalue weighted by atomic mass is 32.2. The Morgan fingerprint density at radius 3 is 1.98 bits per heavy atom. The summed E-state index contributed by atoms with van der Waals surface area (Å²) in [6.07, 6.45) is 12.2. The van der Waals surface area contributed by atoms with Crippen LogP contribution in [-0.2, 0) is 32.6 Å². The molecule has 1 heterocycles. The van der Waals surface area contributed by atoms with E-state index in [0.29, 0.717) is 36.5 Å². The Bertz CT molecular complexity index is 1720. The van der Waals surface area contributed by atoms with Gasteiger partial charge in [0, 0.05) is 43.0 Å². The van der Waals surface area contributed by atoms with Gasteiger partial charge in [0.05, 0.1) is 24.5 Å². The number of benzene rings is 3. The lowest BCUT2D eigenvalue weighted by Gasteiger charge is -2.26. The maximum Gasteiger partial charge on any atom is 0.232 e. The molecule has 1 aliphatic rings. The third-order valence-electron chi connectivity index (χ3n) is 8.63. The van der Waals surface area contributed by atoms with E-state index in [4.69, 9.17) is 4.79 Å². The number of hydrogen-bond donors (Lipinski definition) is 3. The number of anilines is 1. The minimum Gasteiger partial charge on any atom is -0.324 e. The van der Waals surface area contributed by atoms with Crippen molar-refractivity contribution in [3.63, 3.8) is 0 Å². The molecule has 3 aromatic carbocycles. The third kappa shape index (κ3) is 17.7. The van der Waals surface area contributed by atoms with Gasteiger partial charge in [0.15, 0.2) is 0 Å². The number of nitrogens with one attached hydrogen (secondary N) is 2. The number of carbonyl (C=O) groups is 3. The summed E-state index contributed by atoms with van der Waals surface area (Å²) >= 11 is 0. The van der Waals surface area contributed by atoms with Crippen molar-refractivity contribution in [1.82, 2.24) is 15.6 Å². The predicted octanol–water partition coefficient (Wildman–Crippen LogP) is 6.28. The molecule has 4 aromatic rings. The van der Waals surface area contributed by atoms with Crippen LogP contribution < -0.4 is 20.7 Å². The molecule has 5 rings (SSSR count). The summed E-state index contributed by atoms with van der Waals surface area (Å²) in [5.41, 5.74) is 9.50. The van der Waals surface area contributed by atoms with Crippen molar-refractivity contribution in [3.8, 4) is 0 Å². The summed E-state index contributed by atoms with van der Waals surface area (Å²) in [5, 5.41) is 6.36. The fourth-order valence-corrected chi connectivity index (χ4v) is 6.04. The van der Waals surface area contributed by atoms with Crippen LogP contribution in [0.3, 0.4) is 0 Å². The number of nitrogens with two attached hydrogens (primary N) is 1. The van der Waals surface area contributed by atoms with Crippen LogP contribution in [0.5, 0.6) is 0 Å². The molecule has 11 heteroatoms. The van der Waals surface area contributed by atoms with Crippen LogP contribution in [0, 0.1) is 5.92 Å². The molecule has 1 aromatic heterocycles. The maximum absolute atomic E-state index is 12.7. The first kappa shape index (κ1) is 44.6. The lowest BCUT2D eigenvalue weighted by Crippen LogP contribution is -2.32. The van der Waals surface area contributed by atoms with Gasteiger partial charge in [-0.3, -0.25) is 14.1 Å². The number of hydrogen-bond acceptors (Lipinski definition) is 9. The van der Waals surface area contributed by atoms with Gasteiger partial charge in [-0.25, -0.2) is 8.42 Å². The molecule has 286 valence electrons. The molecular formula is C42H57N5O5S. The van der Waals surface area contributed by atoms with Gasteiger partial charge in [-0.05, 0) is 79.8 Å². The van der Waals surface area contributed by atoms with Gasteiger partial charge in [0.25, 0.3) is 0 Å². The van der Waals surface area contributed by atoms with Crippen LogP contribution in [0.15, 0.2) is 103 Å². The summed E-state index contributed by atoms with van der Waals surface area (Å²) < 4.78 is 26.8. The summed E-state index contributed by atoms with van der Waals surface area (Å²) in [5.74, 6) is 1.05. The van der Waals surface area contributed by atoms with Crippen molar-refractivity contribution in [2.24, 2.45) is 11.7 Å². The molecule has 4 N–H and O–H groups in total. The molecule has 0 amide bonds. The van der Waals surface area contributed by atoms with Crippen molar-refractivity contribution in [3.05, 3.63) is 131 Å². The highest BCUT2D eigenvalue weighted by Crippen LogP contribution is 2.31. The van der Waals surface area contributed by atoms with Crippen molar-refractivity contribution >= 4 is 34.6 Å². The number of sulfonamides is 1. The highest BCUT2D eigenvalue weighted by Gasteiger charge is 2.22. The van der Waals surface area contributed by atoms with E-state index in [9.17, 15) is 18.0 Å². The molecule has 0 spiro atoms. The number of rotatable bonds is 16. The Morgan fingerprint density at radius 2 is 1.53 bits per heavy atom. The van der Waals surface area contributed by atoms with E-state index in [1.54, 1.807) is 25.3 Å². The summed E-state index contributed by atoms with van der Waals surface area (Å²) in [4.78, 5) is 36.0. The van der Waals surface area contributed by atoms with Crippen molar-refractivity contribution < 1.29 is 22.8 Å². The van der Waals surface area contributed by atoms with Crippen LogP contribution in [-0.4, -0.2) is 64.7 Å². The van der Waals surface area contributed by atoms with E-state index < -0.39 is 10.0 Å². The van der Waals surface area contributed by atoms with Crippen LogP contribution >= 0.6 is 0 Å². The minimum atomic E-state index is -3.62. The summed E-state index contributed by atoms with van der Waals surface area (Å²) in [6.45, 7) is 6.94. The molecule has 0 bridgehead atoms. The van der Waals surface area contributed by atoms with Gasteiger partial charge in [0.1, 0.15) is 18.9 Å². The van der Waals surface area contributed by atoms with E-state index in [1.165, 1.54) is 29.1 Å². The highest BCUT2D eigenvalue weighted by molar-refractivity contribution is 7.92. The van der Waals surface area contributed by atoms with Crippen LogP contribution in [0.2, 0.25) is 0 Å². The van der Waals surface area contributed by atoms with E-state index >= 15 is 0 Å². The lowest BCUT2D eigenvalue weighted by atomic mass is 9.90. The number of aldehydes is 3. The van der Waals surface area contributed by atoms with Gasteiger partial charge in [0.2, 0.25) is 10.0 Å². The Morgan fingerprint density at radius 1 is 0.906 bits per heavy atom. The standard InChI is InChI=1S/C27H30N2O4S.C8H12N2.C5H10.C2H5NO/c1-21(19-30)28-17-26(13-22-9-5-3-6-10-22)25-14-24(20-31)15-27(16-25)29(34(2,32)33)18-23-11-7-4-8-12-23;1-7(9-2)8-4-3-5-10-6-8;1-2-5-3-4-5;3-1-2-4/h3-12,14-16,19-21,26,28H,13,17-18H2,1-2H3;3-7,9H,1-2H3;5H,2-4H2,1H3;2H,1,3H2/t21-,26?;;;/m0.../s1. The molecule has 53 heavy (non-hydrogen) atoms. The zero-order chi connectivity index (χ0) is 39.1. The lowest BCUT2D eigenvalue weighted by molar-refractivity contribution is -0.109. The van der Waals surface area contributed by atoms with Gasteiger partial charge in [-0.15, -0.1) is 0 Å². The third-order valence-corrected chi connectivity index (χ3v) is 9.77. The molecule has 0 radical (unpaired) electrons. The normalized spacial score (nSPS) is 13.5. The molecule has 3 atom stereocenters. The Balaban J connectivity index is 0.000000413. The summed E-state index contributed by atoms with van der Waals surface area (Å²) in [6, 6.07) is 28.6. The number of aromatic nitrogens is 1. The Kier molecular flexibility index (Phi) is 20.7. The molecule has 10 nitrogen and oxygen atoms in total. The van der Waals surface area contributed by atoms with Crippen LogP contribution in [0.25, 0.3) is 0 Å². The SMILES string of the molecule is CCC1CC1.CNC(C)c1cccnc1.C[C@@H](C=O)NCC(Cc1ccccc1)c1cc(C=O)cc(N(Cc2ccccc2)S(C)(=O)=O)c1.NCC=O. The van der Waals surface area contributed by atoms with E-state index in [0.717, 1.165) is 41.4 Å². The number of nitrogens with zero attached hydrogens (tertiary/aromatic N) is 2. The quantitative estimate of drug-likeness (QED) is 0.113. The fourth-order valence-electron chi connectivity index (χ4n) is 5.16. The monoisotopic (exact) mass is 743 g/mol. The maximum atomic E-state index is 12.7. The molecule has 0 saturated heterocycles. The first-order valence-electron chi connectivity index (χ1n) is 18.0. The average molecular weight is 744 g/mol. The van der Waals surface area contributed by atoms with Gasteiger partial charge in [-0.2, -0.15) is 0 Å². The van der Waals surface area contributed by atoms with E-state index in [2.05, 4.69) is 41.3 Å². The van der Waals surface area contributed by atoms with Gasteiger partial charge in [-0.1, -0.05) is 92.9 Å². The van der Waals surface area contributed by atoms with Crippen LogP contribution in [0.4, 0.5) is 5.69 Å². The molecular weight excluding hydrogens is 687 g/mol. The smallest absolute Gasteiger partial charge is 0.232 e. The molecule has 0 aliphatic heterocycles. The first-order chi connectivity index (χ1) is 25.5. The van der Waals surface area contributed by atoms with Crippen molar-refractivity contribution in [2.75, 3.05) is 30.7 Å². The topological polar surface area (TPSA) is 152 Å². The van der Waals surface area contributed by atoms with Crippen molar-refractivity contribution in [1.29, 1.82) is 0 Å². The Labute approximate surface area is 316 Å². The minimum absolute atomic E-state index is 0.0819. The largest absolute Gasteiger partial charge is 0.324 e. The average Bonchev–Trinajstić information content (AvgIpc) is 4.04. The molecule has 1 fully saturated rings. The van der Waals surface area contributed by atoms with Gasteiger partial charge >= 0.3 is 0 Å². The second-order valence-corrected chi connectivity index (χ2v) is 14.9. The molecule has 2 unspecified atom stereocenters. The van der Waals surface area contributed by atoms with Crippen LogP contribution in [0.1, 0.15) is 84.6 Å². The zero-order valence-corrected chi connectivity index (χ0v) is 32.5. The Hall–Kier alpha value is -4.55. The van der Waals surface area contributed by atoms with E-state index in [-0.39, 0.29) is 25.0 Å². The zero-order valence-electron chi connectivity index (χ0n) is 31.7. The van der Waals surface area contributed by atoms with Crippen molar-refractivity contribution in [2.45, 2.75) is 71.0 Å². The second kappa shape index (κ2) is 24.6. The van der Waals surface area contributed by atoms with E-state index in [1.807, 2.05) is 86.0 Å². The fraction of sp³-hybridized carbons (Fsp3) is 0.381. The summed E-state index contributed by atoms with van der Waals surface area (Å²) in [7, 11) is -1.67. The number of pyridine rings is 1. The molecule has 1 aliphatic carbocycles. The van der Waals surface area contributed by atoms with Gasteiger partial charge < -0.3 is 26.0 Å². The molecule has 1 saturated carbocycles. The second-order valence-electron chi connectivity index (χ2n) is 13.0. The number of carbonyl (C=O) groups excluding carboxylic acids is 3. The first-order valence-corrected chi connectivity index (χ1v) is 19.9.